The van der Waals surface area contributed by atoms with Crippen molar-refractivity contribution >= 4 is 15.9 Å². The van der Waals surface area contributed by atoms with E-state index in [2.05, 4.69) is 21.2 Å². The molecule has 16 heavy (non-hydrogen) atoms. The van der Waals surface area contributed by atoms with Gasteiger partial charge in [-0.2, -0.15) is 0 Å². The minimum absolute atomic E-state index is 0.0786. The van der Waals surface area contributed by atoms with Crippen LogP contribution < -0.4 is 5.32 Å². The molecule has 2 N–H and O–H groups in total. The van der Waals surface area contributed by atoms with E-state index < -0.39 is 0 Å². The van der Waals surface area contributed by atoms with Crippen molar-refractivity contribution < 1.29 is 14.2 Å². The third-order valence-electron chi connectivity index (χ3n) is 2.23. The summed E-state index contributed by atoms with van der Waals surface area (Å²) < 4.78 is 18.6. The minimum Gasteiger partial charge on any atom is -0.394 e. The molecule has 0 spiro atoms. The van der Waals surface area contributed by atoms with Gasteiger partial charge in [0.05, 0.1) is 23.7 Å². The van der Waals surface area contributed by atoms with Gasteiger partial charge in [0.15, 0.2) is 0 Å². The van der Waals surface area contributed by atoms with Crippen molar-refractivity contribution in [2.24, 2.45) is 0 Å². The van der Waals surface area contributed by atoms with Crippen LogP contribution in [0.15, 0.2) is 22.7 Å². The van der Waals surface area contributed by atoms with Gasteiger partial charge >= 0.3 is 0 Å². The Morgan fingerprint density at radius 1 is 1.56 bits per heavy atom. The quantitative estimate of drug-likeness (QED) is 0.786. The number of benzene rings is 1. The summed E-state index contributed by atoms with van der Waals surface area (Å²) in [7, 11) is 1.61. The Morgan fingerprint density at radius 3 is 2.88 bits per heavy atom. The summed E-state index contributed by atoms with van der Waals surface area (Å²) in [4.78, 5) is 0. The van der Waals surface area contributed by atoms with Crippen molar-refractivity contribution in [3.05, 3.63) is 34.1 Å². The molecule has 0 aliphatic carbocycles. The average Bonchev–Trinajstić information content (AvgIpc) is 2.29. The van der Waals surface area contributed by atoms with Crippen LogP contribution in [-0.4, -0.2) is 32.0 Å². The number of halogens is 2. The van der Waals surface area contributed by atoms with E-state index in [-0.39, 0.29) is 18.5 Å². The second kappa shape index (κ2) is 6.96. The summed E-state index contributed by atoms with van der Waals surface area (Å²) >= 11 is 3.09. The first-order chi connectivity index (χ1) is 7.69. The van der Waals surface area contributed by atoms with Gasteiger partial charge in [-0.1, -0.05) is 6.07 Å². The van der Waals surface area contributed by atoms with E-state index in [4.69, 9.17) is 4.74 Å². The molecule has 1 unspecified atom stereocenters. The maximum Gasteiger partial charge on any atom is 0.137 e. The van der Waals surface area contributed by atoms with E-state index in [0.717, 1.165) is 5.56 Å². The van der Waals surface area contributed by atoms with Crippen LogP contribution >= 0.6 is 15.9 Å². The molecule has 1 atom stereocenters. The van der Waals surface area contributed by atoms with Crippen LogP contribution in [0, 0.1) is 5.82 Å². The molecule has 5 heteroatoms. The molecule has 1 rings (SSSR count). The smallest absolute Gasteiger partial charge is 0.137 e. The third kappa shape index (κ3) is 3.83. The Bertz CT molecular complexity index is 336. The second-order valence-electron chi connectivity index (χ2n) is 3.36. The number of hydrogen-bond donors (Lipinski definition) is 2. The van der Waals surface area contributed by atoms with E-state index in [9.17, 15) is 9.50 Å². The summed E-state index contributed by atoms with van der Waals surface area (Å²) in [5, 5.41) is 12.3. The monoisotopic (exact) mass is 291 g/mol. The molecule has 0 aliphatic heterocycles. The molecule has 90 valence electrons. The van der Waals surface area contributed by atoms with E-state index in [1.165, 1.54) is 6.07 Å². The zero-order valence-electron chi connectivity index (χ0n) is 9.04. The maximum atomic E-state index is 13.3. The molecule has 0 radical (unpaired) electrons. The normalized spacial score (nSPS) is 12.8. The Morgan fingerprint density at radius 2 is 2.31 bits per heavy atom. The molecule has 0 saturated heterocycles. The SMILES string of the molecule is COCCNC(CO)c1ccc(Br)c(F)c1. The second-order valence-corrected chi connectivity index (χ2v) is 4.21. The van der Waals surface area contributed by atoms with Crippen LogP contribution in [0.25, 0.3) is 0 Å². The zero-order valence-corrected chi connectivity index (χ0v) is 10.6. The molecular formula is C11H15BrFNO2. The van der Waals surface area contributed by atoms with Gasteiger partial charge in [0.25, 0.3) is 0 Å². The lowest BCUT2D eigenvalue weighted by Gasteiger charge is -2.16. The Hall–Kier alpha value is -0.490. The summed E-state index contributed by atoms with van der Waals surface area (Å²) in [6.07, 6.45) is 0. The van der Waals surface area contributed by atoms with Crippen LogP contribution in [-0.2, 0) is 4.74 Å². The Balaban J connectivity index is 2.67. The Kier molecular flexibility index (Phi) is 5.90. The fourth-order valence-corrected chi connectivity index (χ4v) is 1.60. The minimum atomic E-state index is -0.329. The lowest BCUT2D eigenvalue weighted by molar-refractivity contribution is 0.184. The lowest BCUT2D eigenvalue weighted by Crippen LogP contribution is -2.27. The van der Waals surface area contributed by atoms with Gasteiger partial charge in [-0.05, 0) is 33.6 Å². The van der Waals surface area contributed by atoms with E-state index >= 15 is 0 Å². The van der Waals surface area contributed by atoms with Crippen molar-refractivity contribution in [2.75, 3.05) is 26.9 Å². The predicted molar refractivity (Wildman–Crippen MR) is 63.8 cm³/mol. The highest BCUT2D eigenvalue weighted by atomic mass is 79.9. The maximum absolute atomic E-state index is 13.3. The largest absolute Gasteiger partial charge is 0.394 e. The highest BCUT2D eigenvalue weighted by Crippen LogP contribution is 2.20. The number of ether oxygens (including phenoxy) is 1. The molecule has 0 bridgehead atoms. The fourth-order valence-electron chi connectivity index (χ4n) is 1.35. The van der Waals surface area contributed by atoms with Crippen molar-refractivity contribution in [1.82, 2.24) is 5.32 Å². The first-order valence-corrected chi connectivity index (χ1v) is 5.76. The van der Waals surface area contributed by atoms with Gasteiger partial charge < -0.3 is 15.2 Å². The lowest BCUT2D eigenvalue weighted by atomic mass is 10.1. The molecule has 0 aromatic heterocycles. The average molecular weight is 292 g/mol. The number of hydrogen-bond acceptors (Lipinski definition) is 3. The highest BCUT2D eigenvalue weighted by Gasteiger charge is 2.11. The number of rotatable bonds is 6. The molecule has 0 amide bonds. The number of nitrogens with one attached hydrogen (secondary N) is 1. The first kappa shape index (κ1) is 13.6. The summed E-state index contributed by atoms with van der Waals surface area (Å²) in [6.45, 7) is 1.08. The predicted octanol–water partition coefficient (Wildman–Crippen LogP) is 1.86. The van der Waals surface area contributed by atoms with E-state index in [1.807, 2.05) is 0 Å². The van der Waals surface area contributed by atoms with Gasteiger partial charge in [0, 0.05) is 13.7 Å². The van der Waals surface area contributed by atoms with E-state index in [1.54, 1.807) is 19.2 Å². The van der Waals surface area contributed by atoms with Crippen molar-refractivity contribution in [1.29, 1.82) is 0 Å². The molecule has 0 aliphatic rings. The van der Waals surface area contributed by atoms with Crippen molar-refractivity contribution in [3.8, 4) is 0 Å². The molecule has 1 aromatic rings. The zero-order chi connectivity index (χ0) is 12.0. The molecule has 0 heterocycles. The summed E-state index contributed by atoms with van der Waals surface area (Å²) in [5.74, 6) is -0.329. The number of aliphatic hydroxyl groups is 1. The van der Waals surface area contributed by atoms with Gasteiger partial charge in [-0.3, -0.25) is 0 Å². The standard InChI is InChI=1S/C11H15BrFNO2/c1-16-5-4-14-11(7-15)8-2-3-9(12)10(13)6-8/h2-3,6,11,14-15H,4-5,7H2,1H3. The topological polar surface area (TPSA) is 41.5 Å². The van der Waals surface area contributed by atoms with Gasteiger partial charge in [0.2, 0.25) is 0 Å². The van der Waals surface area contributed by atoms with E-state index in [0.29, 0.717) is 17.6 Å². The summed E-state index contributed by atoms with van der Waals surface area (Å²) in [6, 6.07) is 4.54. The van der Waals surface area contributed by atoms with Crippen LogP contribution in [0.4, 0.5) is 4.39 Å². The van der Waals surface area contributed by atoms with Gasteiger partial charge in [-0.25, -0.2) is 4.39 Å². The van der Waals surface area contributed by atoms with Crippen molar-refractivity contribution in [3.63, 3.8) is 0 Å². The molecule has 3 nitrogen and oxygen atoms in total. The number of aliphatic hydroxyl groups excluding tert-OH is 1. The van der Waals surface area contributed by atoms with Crippen LogP contribution in [0.5, 0.6) is 0 Å². The van der Waals surface area contributed by atoms with Crippen molar-refractivity contribution in [2.45, 2.75) is 6.04 Å². The molecule has 1 aromatic carbocycles. The summed E-state index contributed by atoms with van der Waals surface area (Å²) in [5.41, 5.74) is 0.722. The van der Waals surface area contributed by atoms with Crippen LogP contribution in [0.2, 0.25) is 0 Å². The number of methoxy groups -OCH3 is 1. The van der Waals surface area contributed by atoms with Gasteiger partial charge in [0.1, 0.15) is 5.82 Å². The first-order valence-electron chi connectivity index (χ1n) is 4.97. The molecule has 0 fully saturated rings. The Labute approximate surface area is 103 Å². The fraction of sp³-hybridized carbons (Fsp3) is 0.455. The van der Waals surface area contributed by atoms with Crippen LogP contribution in [0.1, 0.15) is 11.6 Å². The molecule has 0 saturated carbocycles. The molecular weight excluding hydrogens is 277 g/mol. The van der Waals surface area contributed by atoms with Gasteiger partial charge in [-0.15, -0.1) is 0 Å². The van der Waals surface area contributed by atoms with Crippen LogP contribution in [0.3, 0.4) is 0 Å². The third-order valence-corrected chi connectivity index (χ3v) is 2.87. The highest BCUT2D eigenvalue weighted by molar-refractivity contribution is 9.10.